The molecule has 0 bridgehead atoms. The van der Waals surface area contributed by atoms with Crippen LogP contribution in [0.2, 0.25) is 0 Å². The topological polar surface area (TPSA) is 127 Å². The summed E-state index contributed by atoms with van der Waals surface area (Å²) in [5.74, 6) is 0.745. The van der Waals surface area contributed by atoms with Crippen LogP contribution in [0.1, 0.15) is 12.6 Å². The average Bonchev–Trinajstić information content (AvgIpc) is 3.27. The molecule has 0 unspecified atom stereocenters. The van der Waals surface area contributed by atoms with Gasteiger partial charge in [0.1, 0.15) is 5.82 Å². The Kier molecular flexibility index (Phi) is 6.18. The highest BCUT2D eigenvalue weighted by Crippen LogP contribution is 2.22. The third-order valence-electron chi connectivity index (χ3n) is 4.23. The second-order valence-electron chi connectivity index (χ2n) is 6.48. The standard InChI is InChI=1S/C21H18N6O3S/c1-2-15-10-17(28)25-19(24-15)13-5-3-7-16(9-13)23-18(29)12-31-21-26-20(27-30-21)14-6-4-8-22-11-14/h3-11H,2,12H2,1H3,(H,23,29)(H,24,25,28). The lowest BCUT2D eigenvalue weighted by Gasteiger charge is -2.07. The molecule has 0 saturated carbocycles. The molecule has 2 N–H and O–H groups in total. The van der Waals surface area contributed by atoms with Gasteiger partial charge in [-0.05, 0) is 30.7 Å². The van der Waals surface area contributed by atoms with Crippen molar-refractivity contribution in [1.82, 2.24) is 25.1 Å². The van der Waals surface area contributed by atoms with Gasteiger partial charge in [0.05, 0.1) is 5.75 Å². The molecule has 0 aliphatic rings. The predicted molar refractivity (Wildman–Crippen MR) is 117 cm³/mol. The molecule has 156 valence electrons. The minimum absolute atomic E-state index is 0.0965. The van der Waals surface area contributed by atoms with E-state index in [0.29, 0.717) is 40.2 Å². The second kappa shape index (κ2) is 9.35. The molecule has 31 heavy (non-hydrogen) atoms. The Morgan fingerprint density at radius 1 is 1.16 bits per heavy atom. The summed E-state index contributed by atoms with van der Waals surface area (Å²) < 4.78 is 5.18. The number of aromatic nitrogens is 5. The van der Waals surface area contributed by atoms with Gasteiger partial charge in [-0.1, -0.05) is 36.0 Å². The van der Waals surface area contributed by atoms with Crippen molar-refractivity contribution in [2.45, 2.75) is 18.6 Å². The Hall–Kier alpha value is -3.79. The van der Waals surface area contributed by atoms with Crippen molar-refractivity contribution in [2.75, 3.05) is 11.1 Å². The number of nitrogens with one attached hydrogen (secondary N) is 2. The molecule has 1 amide bonds. The number of anilines is 1. The summed E-state index contributed by atoms with van der Waals surface area (Å²) in [6.45, 7) is 1.93. The molecule has 0 aliphatic carbocycles. The van der Waals surface area contributed by atoms with Crippen LogP contribution < -0.4 is 10.9 Å². The number of benzene rings is 1. The van der Waals surface area contributed by atoms with Crippen LogP contribution in [0.15, 0.2) is 69.4 Å². The molecule has 0 radical (unpaired) electrons. The third-order valence-corrected chi connectivity index (χ3v) is 5.05. The Balaban J connectivity index is 1.39. The van der Waals surface area contributed by atoms with E-state index < -0.39 is 0 Å². The smallest absolute Gasteiger partial charge is 0.286 e. The predicted octanol–water partition coefficient (Wildman–Crippen LogP) is 3.18. The Labute approximate surface area is 181 Å². The van der Waals surface area contributed by atoms with E-state index in [1.54, 1.807) is 36.7 Å². The zero-order valence-electron chi connectivity index (χ0n) is 16.5. The Morgan fingerprint density at radius 2 is 2.03 bits per heavy atom. The summed E-state index contributed by atoms with van der Waals surface area (Å²) in [4.78, 5) is 39.6. The zero-order valence-corrected chi connectivity index (χ0v) is 17.3. The van der Waals surface area contributed by atoms with Gasteiger partial charge in [-0.2, -0.15) is 4.98 Å². The summed E-state index contributed by atoms with van der Waals surface area (Å²) in [7, 11) is 0. The van der Waals surface area contributed by atoms with Crippen LogP contribution in [0.25, 0.3) is 22.8 Å². The number of hydrogen-bond donors (Lipinski definition) is 2. The van der Waals surface area contributed by atoms with Crippen molar-refractivity contribution >= 4 is 23.4 Å². The van der Waals surface area contributed by atoms with E-state index in [2.05, 4.69) is 30.4 Å². The lowest BCUT2D eigenvalue weighted by atomic mass is 10.2. The van der Waals surface area contributed by atoms with E-state index in [4.69, 9.17) is 4.52 Å². The van der Waals surface area contributed by atoms with Crippen LogP contribution in [-0.4, -0.2) is 36.8 Å². The molecule has 0 aliphatic heterocycles. The maximum Gasteiger partial charge on any atom is 0.286 e. The maximum absolute atomic E-state index is 12.4. The summed E-state index contributed by atoms with van der Waals surface area (Å²) in [5.41, 5.74) is 2.52. The highest BCUT2D eigenvalue weighted by Gasteiger charge is 2.12. The first-order chi connectivity index (χ1) is 15.1. The van der Waals surface area contributed by atoms with Gasteiger partial charge in [0.15, 0.2) is 0 Å². The van der Waals surface area contributed by atoms with E-state index in [1.165, 1.54) is 6.07 Å². The molecule has 1 aromatic carbocycles. The number of hydrogen-bond acceptors (Lipinski definition) is 8. The normalized spacial score (nSPS) is 10.7. The first kappa shape index (κ1) is 20.5. The molecule has 10 heteroatoms. The summed E-state index contributed by atoms with van der Waals surface area (Å²) in [5, 5.41) is 7.02. The Bertz CT molecular complexity index is 1260. The maximum atomic E-state index is 12.4. The molecule has 0 fully saturated rings. The van der Waals surface area contributed by atoms with Crippen LogP contribution in [0.4, 0.5) is 5.69 Å². The number of aromatic amines is 1. The fourth-order valence-electron chi connectivity index (χ4n) is 2.77. The van der Waals surface area contributed by atoms with Gasteiger partial charge < -0.3 is 14.8 Å². The highest BCUT2D eigenvalue weighted by molar-refractivity contribution is 7.99. The molecule has 9 nitrogen and oxygen atoms in total. The van der Waals surface area contributed by atoms with Crippen LogP contribution in [0, 0.1) is 0 Å². The average molecular weight is 434 g/mol. The van der Waals surface area contributed by atoms with Crippen LogP contribution in [-0.2, 0) is 11.2 Å². The zero-order chi connectivity index (χ0) is 21.6. The molecule has 3 aromatic heterocycles. The quantitative estimate of drug-likeness (QED) is 0.425. The molecule has 4 aromatic rings. The van der Waals surface area contributed by atoms with E-state index in [-0.39, 0.29) is 17.2 Å². The summed E-state index contributed by atoms with van der Waals surface area (Å²) >= 11 is 1.14. The van der Waals surface area contributed by atoms with E-state index in [1.807, 2.05) is 19.1 Å². The number of rotatable bonds is 7. The first-order valence-corrected chi connectivity index (χ1v) is 10.5. The highest BCUT2D eigenvalue weighted by atomic mass is 32.2. The van der Waals surface area contributed by atoms with Crippen molar-refractivity contribution in [1.29, 1.82) is 0 Å². The number of aryl methyl sites for hydroxylation is 1. The van der Waals surface area contributed by atoms with E-state index in [9.17, 15) is 9.59 Å². The first-order valence-electron chi connectivity index (χ1n) is 9.48. The molecule has 3 heterocycles. The number of pyridine rings is 1. The van der Waals surface area contributed by atoms with Crippen molar-refractivity contribution < 1.29 is 9.32 Å². The molecular weight excluding hydrogens is 416 g/mol. The molecular formula is C21H18N6O3S. The van der Waals surface area contributed by atoms with Gasteiger partial charge in [0.2, 0.25) is 11.7 Å². The lowest BCUT2D eigenvalue weighted by molar-refractivity contribution is -0.113. The summed E-state index contributed by atoms with van der Waals surface area (Å²) in [6.07, 6.45) is 3.95. The monoisotopic (exact) mass is 434 g/mol. The largest absolute Gasteiger partial charge is 0.327 e. The minimum atomic E-state index is -0.230. The van der Waals surface area contributed by atoms with E-state index >= 15 is 0 Å². The summed E-state index contributed by atoms with van der Waals surface area (Å²) in [6, 6.07) is 12.2. The van der Waals surface area contributed by atoms with Crippen LogP contribution in [0.5, 0.6) is 0 Å². The third kappa shape index (κ3) is 5.23. The number of amides is 1. The van der Waals surface area contributed by atoms with Crippen LogP contribution in [0.3, 0.4) is 0 Å². The van der Waals surface area contributed by atoms with Gasteiger partial charge >= 0.3 is 0 Å². The van der Waals surface area contributed by atoms with Crippen molar-refractivity contribution in [3.05, 3.63) is 70.9 Å². The number of H-pyrrole nitrogens is 1. The molecule has 0 atom stereocenters. The van der Waals surface area contributed by atoms with E-state index in [0.717, 1.165) is 17.3 Å². The molecule has 4 rings (SSSR count). The van der Waals surface area contributed by atoms with Gasteiger partial charge in [-0.3, -0.25) is 14.6 Å². The lowest BCUT2D eigenvalue weighted by Crippen LogP contribution is -2.14. The number of carbonyl (C=O) groups excluding carboxylic acids is 1. The van der Waals surface area contributed by atoms with Gasteiger partial charge in [0, 0.05) is 41.0 Å². The fraction of sp³-hybridized carbons (Fsp3) is 0.143. The van der Waals surface area contributed by atoms with Crippen molar-refractivity contribution in [3.63, 3.8) is 0 Å². The van der Waals surface area contributed by atoms with Crippen LogP contribution >= 0.6 is 11.8 Å². The molecule has 0 saturated heterocycles. The number of carbonyl (C=O) groups is 1. The minimum Gasteiger partial charge on any atom is -0.327 e. The number of thioether (sulfide) groups is 1. The second-order valence-corrected chi connectivity index (χ2v) is 7.41. The van der Waals surface area contributed by atoms with Gasteiger partial charge in [0.25, 0.3) is 10.8 Å². The van der Waals surface area contributed by atoms with Gasteiger partial charge in [-0.25, -0.2) is 4.98 Å². The molecule has 0 spiro atoms. The Morgan fingerprint density at radius 3 is 2.84 bits per heavy atom. The SMILES string of the molecule is CCc1cc(=O)[nH]c(-c2cccc(NC(=O)CSc3nc(-c4cccnc4)no3)c2)n1. The van der Waals surface area contributed by atoms with Crippen molar-refractivity contribution in [3.8, 4) is 22.8 Å². The van der Waals surface area contributed by atoms with Gasteiger partial charge in [-0.15, -0.1) is 0 Å². The number of nitrogens with zero attached hydrogens (tertiary/aromatic N) is 4. The van der Waals surface area contributed by atoms with Crippen molar-refractivity contribution in [2.24, 2.45) is 0 Å². The fourth-order valence-corrected chi connectivity index (χ4v) is 3.34.